The van der Waals surface area contributed by atoms with E-state index in [4.69, 9.17) is 28.8 Å². The Hall–Kier alpha value is -2.01. The maximum absolute atomic E-state index is 6.44. The molecule has 5 heteroatoms. The Morgan fingerprint density at radius 3 is 2.63 bits per heavy atom. The van der Waals surface area contributed by atoms with E-state index in [2.05, 4.69) is 42.6 Å². The maximum atomic E-state index is 6.44. The number of hydrogen-bond donors (Lipinski definition) is 1. The van der Waals surface area contributed by atoms with Crippen molar-refractivity contribution in [3.8, 4) is 0 Å². The highest BCUT2D eigenvalue weighted by Gasteiger charge is 2.21. The number of nitrogens with zero attached hydrogens (tertiary/aromatic N) is 1. The molecule has 1 aliphatic heterocycles. The van der Waals surface area contributed by atoms with Gasteiger partial charge >= 0.3 is 0 Å². The molecule has 0 aliphatic carbocycles. The van der Waals surface area contributed by atoms with Crippen LogP contribution in [0, 0.1) is 6.92 Å². The van der Waals surface area contributed by atoms with Gasteiger partial charge in [0.1, 0.15) is 9.99 Å². The molecule has 0 unspecified atom stereocenters. The van der Waals surface area contributed by atoms with Crippen molar-refractivity contribution >= 4 is 50.9 Å². The van der Waals surface area contributed by atoms with Gasteiger partial charge in [-0.2, -0.15) is 0 Å². The summed E-state index contributed by atoms with van der Waals surface area (Å²) < 4.78 is 0. The van der Waals surface area contributed by atoms with Crippen molar-refractivity contribution in [1.29, 1.82) is 0 Å². The molecule has 27 heavy (non-hydrogen) atoms. The molecule has 1 N–H and O–H groups in total. The van der Waals surface area contributed by atoms with Gasteiger partial charge in [0.05, 0.1) is 12.3 Å². The van der Waals surface area contributed by atoms with E-state index >= 15 is 0 Å². The summed E-state index contributed by atoms with van der Waals surface area (Å²) in [5.74, 6) is 0. The van der Waals surface area contributed by atoms with Crippen molar-refractivity contribution in [2.75, 3.05) is 11.9 Å². The molecular formula is C22H19ClN2S2. The Labute approximate surface area is 173 Å². The molecule has 1 aromatic heterocycles. The van der Waals surface area contributed by atoms with Gasteiger partial charge in [-0.25, -0.2) is 0 Å². The number of rotatable bonds is 4. The van der Waals surface area contributed by atoms with Gasteiger partial charge in [0.25, 0.3) is 0 Å². The van der Waals surface area contributed by atoms with E-state index in [1.165, 1.54) is 16.0 Å². The van der Waals surface area contributed by atoms with Gasteiger partial charge < -0.3 is 5.32 Å². The molecule has 0 fully saturated rings. The molecule has 2 aromatic carbocycles. The van der Waals surface area contributed by atoms with Gasteiger partial charge in [-0.15, -0.1) is 11.3 Å². The summed E-state index contributed by atoms with van der Waals surface area (Å²) in [6.07, 6.45) is 2.01. The summed E-state index contributed by atoms with van der Waals surface area (Å²) in [4.78, 5) is 6.81. The molecule has 0 amide bonds. The fraction of sp³-hybridized carbons (Fsp3) is 0.182. The molecular weight excluding hydrogens is 392 g/mol. The first-order chi connectivity index (χ1) is 13.1. The van der Waals surface area contributed by atoms with Crippen LogP contribution in [-0.2, 0) is 12.8 Å². The molecule has 0 spiro atoms. The van der Waals surface area contributed by atoms with Crippen LogP contribution in [0.15, 0.2) is 59.6 Å². The maximum Gasteiger partial charge on any atom is 0.103 e. The van der Waals surface area contributed by atoms with E-state index in [0.29, 0.717) is 11.6 Å². The first kappa shape index (κ1) is 18.4. The highest BCUT2D eigenvalue weighted by atomic mass is 35.5. The number of aliphatic imine (C=N–C) groups is 1. The lowest BCUT2D eigenvalue weighted by molar-refractivity contribution is 0.979. The zero-order valence-electron chi connectivity index (χ0n) is 15.0. The molecule has 136 valence electrons. The Morgan fingerprint density at radius 2 is 1.85 bits per heavy atom. The van der Waals surface area contributed by atoms with E-state index < -0.39 is 0 Å². The van der Waals surface area contributed by atoms with Crippen molar-refractivity contribution in [2.24, 2.45) is 4.99 Å². The highest BCUT2D eigenvalue weighted by molar-refractivity contribution is 7.80. The lowest BCUT2D eigenvalue weighted by atomic mass is 10.0. The zero-order valence-corrected chi connectivity index (χ0v) is 17.3. The predicted molar refractivity (Wildman–Crippen MR) is 121 cm³/mol. The number of anilines is 1. The third-order valence-electron chi connectivity index (χ3n) is 4.58. The second-order valence-electron chi connectivity index (χ2n) is 6.63. The fourth-order valence-corrected chi connectivity index (χ4v) is 4.68. The highest BCUT2D eigenvalue weighted by Crippen LogP contribution is 2.34. The van der Waals surface area contributed by atoms with Gasteiger partial charge in [-0.05, 0) is 37.5 Å². The standard InChI is InChI=1S/C22H19ClN2S2/c1-14-6-8-15(9-7-14)10-11-16-12-18-21(17-4-2-3-5-19(17)23)24-13-20(26)25-22(18)27-16/h2-9,12H,10-11,13H2,1H3,(H,25,26). The molecule has 0 saturated carbocycles. The lowest BCUT2D eigenvalue weighted by Gasteiger charge is -2.07. The third-order valence-corrected chi connectivity index (χ3v) is 6.25. The SMILES string of the molecule is Cc1ccc(CCc2cc3c(s2)NC(=S)CN=C3c2ccccc2Cl)cc1. The molecule has 4 rings (SSSR count). The molecule has 0 radical (unpaired) electrons. The molecule has 0 atom stereocenters. The number of halogens is 1. The lowest BCUT2D eigenvalue weighted by Crippen LogP contribution is -2.09. The Kier molecular flexibility index (Phi) is 5.39. The minimum absolute atomic E-state index is 0.482. The van der Waals surface area contributed by atoms with Gasteiger partial charge in [-0.3, -0.25) is 4.99 Å². The Balaban J connectivity index is 1.64. The second kappa shape index (κ2) is 7.93. The van der Waals surface area contributed by atoms with Crippen LogP contribution in [0.4, 0.5) is 5.00 Å². The van der Waals surface area contributed by atoms with E-state index in [1.807, 2.05) is 24.3 Å². The largest absolute Gasteiger partial charge is 0.340 e. The van der Waals surface area contributed by atoms with E-state index in [0.717, 1.165) is 39.7 Å². The monoisotopic (exact) mass is 410 g/mol. The number of aryl methyl sites for hydroxylation is 3. The molecule has 2 heterocycles. The average molecular weight is 411 g/mol. The minimum atomic E-state index is 0.482. The Morgan fingerprint density at radius 1 is 1.07 bits per heavy atom. The number of benzene rings is 2. The van der Waals surface area contributed by atoms with Gasteiger partial charge in [0, 0.05) is 21.0 Å². The number of hydrogen-bond acceptors (Lipinski definition) is 3. The normalized spacial score (nSPS) is 13.6. The third kappa shape index (κ3) is 4.13. The van der Waals surface area contributed by atoms with E-state index in [9.17, 15) is 0 Å². The number of thiophene rings is 1. The predicted octanol–water partition coefficient (Wildman–Crippen LogP) is 6.09. The number of fused-ring (bicyclic) bond motifs is 1. The summed E-state index contributed by atoms with van der Waals surface area (Å²) in [5, 5.41) is 5.14. The van der Waals surface area contributed by atoms with Crippen LogP contribution in [0.25, 0.3) is 0 Å². The summed E-state index contributed by atoms with van der Waals surface area (Å²) in [6.45, 7) is 2.60. The minimum Gasteiger partial charge on any atom is -0.340 e. The summed E-state index contributed by atoms with van der Waals surface area (Å²) in [5.41, 5.74) is 5.61. The van der Waals surface area contributed by atoms with Crippen LogP contribution >= 0.6 is 35.2 Å². The van der Waals surface area contributed by atoms with E-state index in [1.54, 1.807) is 11.3 Å². The fourth-order valence-electron chi connectivity index (χ4n) is 3.14. The van der Waals surface area contributed by atoms with Crippen molar-refractivity contribution in [3.63, 3.8) is 0 Å². The smallest absolute Gasteiger partial charge is 0.103 e. The summed E-state index contributed by atoms with van der Waals surface area (Å²) >= 11 is 13.6. The van der Waals surface area contributed by atoms with Crippen molar-refractivity contribution in [2.45, 2.75) is 19.8 Å². The first-order valence-corrected chi connectivity index (χ1v) is 10.5. The molecule has 2 nitrogen and oxygen atoms in total. The van der Waals surface area contributed by atoms with Gasteiger partial charge in [0.15, 0.2) is 0 Å². The van der Waals surface area contributed by atoms with Crippen molar-refractivity contribution < 1.29 is 0 Å². The van der Waals surface area contributed by atoms with Crippen LogP contribution < -0.4 is 5.32 Å². The van der Waals surface area contributed by atoms with Gasteiger partial charge in [-0.1, -0.05) is 71.8 Å². The van der Waals surface area contributed by atoms with Crippen LogP contribution in [0.3, 0.4) is 0 Å². The molecule has 1 aliphatic rings. The van der Waals surface area contributed by atoms with Gasteiger partial charge in [0.2, 0.25) is 0 Å². The molecule has 0 bridgehead atoms. The van der Waals surface area contributed by atoms with Crippen LogP contribution in [0.1, 0.15) is 27.1 Å². The average Bonchev–Trinajstić information content (AvgIpc) is 2.98. The van der Waals surface area contributed by atoms with Crippen molar-refractivity contribution in [1.82, 2.24) is 0 Å². The second-order valence-corrected chi connectivity index (χ2v) is 8.67. The Bertz CT molecular complexity index is 1020. The van der Waals surface area contributed by atoms with E-state index in [-0.39, 0.29) is 0 Å². The van der Waals surface area contributed by atoms with Crippen molar-refractivity contribution in [3.05, 3.63) is 86.8 Å². The quantitative estimate of drug-likeness (QED) is 0.526. The van der Waals surface area contributed by atoms with Crippen LogP contribution in [0.5, 0.6) is 0 Å². The first-order valence-electron chi connectivity index (χ1n) is 8.88. The zero-order chi connectivity index (χ0) is 18.8. The van der Waals surface area contributed by atoms with Crippen LogP contribution in [-0.4, -0.2) is 17.2 Å². The molecule has 3 aromatic rings. The number of thiocarbonyl (C=S) groups is 1. The van der Waals surface area contributed by atoms with Crippen LogP contribution in [0.2, 0.25) is 5.02 Å². The summed E-state index contributed by atoms with van der Waals surface area (Å²) in [7, 11) is 0. The topological polar surface area (TPSA) is 24.4 Å². The number of nitrogens with one attached hydrogen (secondary N) is 1. The molecule has 0 saturated heterocycles. The summed E-state index contributed by atoms with van der Waals surface area (Å²) in [6, 6.07) is 18.8.